The van der Waals surface area contributed by atoms with Crippen LogP contribution in [0.5, 0.6) is 0 Å². The number of carbonyl (C=O) groups excluding carboxylic acids is 2. The van der Waals surface area contributed by atoms with Crippen molar-refractivity contribution in [2.45, 2.75) is 110 Å². The van der Waals surface area contributed by atoms with Gasteiger partial charge in [0.2, 0.25) is 5.78 Å². The summed E-state index contributed by atoms with van der Waals surface area (Å²) in [6, 6.07) is 0. The van der Waals surface area contributed by atoms with Crippen molar-refractivity contribution in [1.29, 1.82) is 0 Å². The fourth-order valence-electron chi connectivity index (χ4n) is 6.70. The van der Waals surface area contributed by atoms with Crippen LogP contribution in [0.4, 0.5) is 13.2 Å². The van der Waals surface area contributed by atoms with Gasteiger partial charge in [0.1, 0.15) is 0 Å². The van der Waals surface area contributed by atoms with E-state index in [9.17, 15) is 22.8 Å². The first-order valence-electron chi connectivity index (χ1n) is 12.2. The molecule has 2 rings (SSSR count). The Hall–Kier alpha value is -0.953. The van der Waals surface area contributed by atoms with Crippen LogP contribution in [0.25, 0.3) is 0 Å². The molecule has 184 valence electrons. The molecule has 2 aliphatic rings. The van der Waals surface area contributed by atoms with Crippen LogP contribution >= 0.6 is 0 Å². The number of allylic oxidation sites excluding steroid dienone is 2. The first kappa shape index (κ1) is 27.3. The van der Waals surface area contributed by atoms with Gasteiger partial charge in [0.15, 0.2) is 14.1 Å². The monoisotopic (exact) mass is 474 g/mol. The van der Waals surface area contributed by atoms with Crippen molar-refractivity contribution < 1.29 is 27.2 Å². The molecule has 0 aliphatic heterocycles. The van der Waals surface area contributed by atoms with Crippen LogP contribution in [0, 0.1) is 17.3 Å². The molecule has 0 N–H and O–H groups in total. The van der Waals surface area contributed by atoms with E-state index in [1.54, 1.807) is 0 Å². The zero-order valence-corrected chi connectivity index (χ0v) is 21.8. The lowest BCUT2D eigenvalue weighted by atomic mass is 9.56. The average molecular weight is 475 g/mol. The minimum absolute atomic E-state index is 0.0236. The minimum atomic E-state index is -4.97. The number of hydrogen-bond acceptors (Lipinski definition) is 3. The van der Waals surface area contributed by atoms with E-state index in [0.717, 1.165) is 37.7 Å². The summed E-state index contributed by atoms with van der Waals surface area (Å²) in [5.74, 6) is -4.00. The molecule has 7 heteroatoms. The molecular formula is C25H41F3O3Si. The minimum Gasteiger partial charge on any atom is -0.416 e. The number of ketones is 2. The summed E-state index contributed by atoms with van der Waals surface area (Å²) >= 11 is 0. The molecule has 0 radical (unpaired) electrons. The quantitative estimate of drug-likeness (QED) is 0.198. The third-order valence-corrected chi connectivity index (χ3v) is 14.4. The van der Waals surface area contributed by atoms with Gasteiger partial charge in [-0.2, -0.15) is 13.2 Å². The van der Waals surface area contributed by atoms with E-state index in [2.05, 4.69) is 41.5 Å². The van der Waals surface area contributed by atoms with E-state index in [4.69, 9.17) is 4.43 Å². The molecule has 32 heavy (non-hydrogen) atoms. The Kier molecular flexibility index (Phi) is 8.63. The highest BCUT2D eigenvalue weighted by Gasteiger charge is 2.53. The predicted octanol–water partition coefficient (Wildman–Crippen LogP) is 7.41. The number of fused-ring (bicyclic) bond motifs is 1. The summed E-state index contributed by atoms with van der Waals surface area (Å²) in [6.07, 6.45) is 0.620. The van der Waals surface area contributed by atoms with E-state index >= 15 is 0 Å². The van der Waals surface area contributed by atoms with Gasteiger partial charge in [0.05, 0.1) is 5.92 Å². The Bertz CT molecular complexity index is 705. The molecule has 0 heterocycles. The van der Waals surface area contributed by atoms with Crippen molar-refractivity contribution >= 4 is 19.9 Å². The van der Waals surface area contributed by atoms with Crippen LogP contribution in [0.3, 0.4) is 0 Å². The molecule has 0 bridgehead atoms. The lowest BCUT2D eigenvalue weighted by Crippen LogP contribution is -2.48. The summed E-state index contributed by atoms with van der Waals surface area (Å²) in [5.41, 5.74) is 1.91. The van der Waals surface area contributed by atoms with E-state index < -0.39 is 37.4 Å². The maximum absolute atomic E-state index is 13.1. The first-order valence-corrected chi connectivity index (χ1v) is 14.3. The van der Waals surface area contributed by atoms with Crippen molar-refractivity contribution in [3.63, 3.8) is 0 Å². The Labute approximate surface area is 192 Å². The zero-order chi connectivity index (χ0) is 24.5. The second-order valence-corrected chi connectivity index (χ2v) is 16.5. The van der Waals surface area contributed by atoms with Gasteiger partial charge in [-0.25, -0.2) is 0 Å². The lowest BCUT2D eigenvalue weighted by molar-refractivity contribution is -0.177. The number of rotatable bonds is 9. The molecule has 1 saturated carbocycles. The van der Waals surface area contributed by atoms with Crippen LogP contribution in [0.1, 0.15) is 87.0 Å². The summed E-state index contributed by atoms with van der Waals surface area (Å²) in [6.45, 7) is 16.1. The van der Waals surface area contributed by atoms with E-state index in [1.165, 1.54) is 6.08 Å². The molecule has 2 aliphatic carbocycles. The average Bonchev–Trinajstić information content (AvgIpc) is 2.66. The van der Waals surface area contributed by atoms with Gasteiger partial charge in [-0.3, -0.25) is 9.59 Å². The number of halogens is 3. The van der Waals surface area contributed by atoms with E-state index in [1.807, 2.05) is 6.92 Å². The fraction of sp³-hybridized carbons (Fsp3) is 0.840. The van der Waals surface area contributed by atoms with E-state index in [0.29, 0.717) is 23.2 Å². The Balaban J connectivity index is 2.12. The van der Waals surface area contributed by atoms with E-state index in [-0.39, 0.29) is 12.3 Å². The molecule has 0 amide bonds. The van der Waals surface area contributed by atoms with Crippen molar-refractivity contribution in [2.75, 3.05) is 6.61 Å². The van der Waals surface area contributed by atoms with Crippen LogP contribution in [-0.2, 0) is 14.0 Å². The fourth-order valence-corrected chi connectivity index (χ4v) is 12.2. The van der Waals surface area contributed by atoms with Gasteiger partial charge in [-0.05, 0) is 72.6 Å². The molecule has 3 nitrogen and oxygen atoms in total. The number of alkyl halides is 3. The molecule has 0 saturated heterocycles. The topological polar surface area (TPSA) is 43.4 Å². The van der Waals surface area contributed by atoms with Crippen molar-refractivity contribution in [2.24, 2.45) is 17.3 Å². The van der Waals surface area contributed by atoms with Crippen molar-refractivity contribution in [3.05, 3.63) is 11.6 Å². The molecule has 1 fully saturated rings. The Morgan fingerprint density at radius 1 is 1.16 bits per heavy atom. The SMILES string of the molecule is CC(C)[Si](OCCCC1CCCC2=CC(=O)C(C(=O)C(F)(F)F)CC21C)(C(C)C)C(C)C. The van der Waals surface area contributed by atoms with Crippen molar-refractivity contribution in [1.82, 2.24) is 0 Å². The van der Waals surface area contributed by atoms with Gasteiger partial charge in [0, 0.05) is 6.61 Å². The van der Waals surface area contributed by atoms with Crippen LogP contribution in [-0.4, -0.2) is 32.7 Å². The van der Waals surface area contributed by atoms with Gasteiger partial charge < -0.3 is 4.43 Å². The zero-order valence-electron chi connectivity index (χ0n) is 20.8. The lowest BCUT2D eigenvalue weighted by Gasteiger charge is -2.48. The highest BCUT2D eigenvalue weighted by molar-refractivity contribution is 6.77. The summed E-state index contributed by atoms with van der Waals surface area (Å²) < 4.78 is 45.9. The second kappa shape index (κ2) is 10.1. The summed E-state index contributed by atoms with van der Waals surface area (Å²) in [7, 11) is -1.95. The molecule has 3 unspecified atom stereocenters. The standard InChI is InChI=1S/C25H41F3O3Si/c1-16(2)32(17(3)4,18(5)6)31-13-9-12-19-10-8-11-20-14-22(29)21(15-24(19,20)7)23(30)25(26,27)28/h14,16-19,21H,8-13,15H2,1-7H3. The number of hydrogen-bond donors (Lipinski definition) is 0. The largest absolute Gasteiger partial charge is 0.450 e. The molecular weight excluding hydrogens is 433 g/mol. The molecule has 0 aromatic rings. The first-order chi connectivity index (χ1) is 14.7. The molecule has 0 aromatic heterocycles. The third-order valence-electron chi connectivity index (χ3n) is 8.27. The summed E-state index contributed by atoms with van der Waals surface area (Å²) in [5, 5.41) is 0. The van der Waals surface area contributed by atoms with Gasteiger partial charge in [-0.1, -0.05) is 54.0 Å². The smallest absolute Gasteiger partial charge is 0.416 e. The predicted molar refractivity (Wildman–Crippen MR) is 124 cm³/mol. The number of Topliss-reactive ketones (excluding diaryl/α,β-unsaturated/α-hetero) is 1. The highest BCUT2D eigenvalue weighted by Crippen LogP contribution is 2.53. The van der Waals surface area contributed by atoms with Crippen LogP contribution in [0.2, 0.25) is 16.6 Å². The highest BCUT2D eigenvalue weighted by atomic mass is 28.4. The Morgan fingerprint density at radius 2 is 1.72 bits per heavy atom. The molecule has 0 spiro atoms. The van der Waals surface area contributed by atoms with Gasteiger partial charge >= 0.3 is 6.18 Å². The van der Waals surface area contributed by atoms with Crippen LogP contribution in [0.15, 0.2) is 11.6 Å². The van der Waals surface area contributed by atoms with Crippen LogP contribution < -0.4 is 0 Å². The van der Waals surface area contributed by atoms with Gasteiger partial charge in [-0.15, -0.1) is 0 Å². The Morgan fingerprint density at radius 3 is 2.22 bits per heavy atom. The third kappa shape index (κ3) is 5.24. The maximum Gasteiger partial charge on any atom is 0.450 e. The normalized spacial score (nSPS) is 27.2. The summed E-state index contributed by atoms with van der Waals surface area (Å²) in [4.78, 5) is 24.3. The van der Waals surface area contributed by atoms with Crippen molar-refractivity contribution in [3.8, 4) is 0 Å². The second-order valence-electron chi connectivity index (χ2n) is 11.0. The maximum atomic E-state index is 13.1. The van der Waals surface area contributed by atoms with Gasteiger partial charge in [0.25, 0.3) is 0 Å². The molecule has 3 atom stereocenters. The molecule has 0 aromatic carbocycles. The number of carbonyl (C=O) groups is 2.